The molecule has 0 aromatic heterocycles. The number of aliphatic imine (C=N–C) groups is 1. The summed E-state index contributed by atoms with van der Waals surface area (Å²) in [6.45, 7) is 1.15. The van der Waals surface area contributed by atoms with Gasteiger partial charge < -0.3 is 11.5 Å². The van der Waals surface area contributed by atoms with Crippen LogP contribution in [0.15, 0.2) is 4.99 Å². The van der Waals surface area contributed by atoms with Crippen LogP contribution in [-0.4, -0.2) is 42.4 Å². The zero-order valence-electron chi connectivity index (χ0n) is 11.4. The van der Waals surface area contributed by atoms with E-state index in [4.69, 9.17) is 17.2 Å². The Balaban J connectivity index is -0.000000304. The second kappa shape index (κ2) is 16.9. The fourth-order valence-electron chi connectivity index (χ4n) is 0.528. The summed E-state index contributed by atoms with van der Waals surface area (Å²) in [6.07, 6.45) is -0.343. The van der Waals surface area contributed by atoms with Gasteiger partial charge in [-0.3, -0.25) is 31.7 Å². The first kappa shape index (κ1) is 23.0. The number of hydrogen-bond donors (Lipinski definition) is 5. The van der Waals surface area contributed by atoms with E-state index in [-0.39, 0.29) is 17.4 Å². The highest BCUT2D eigenvalue weighted by molar-refractivity contribution is 5.76. The molecule has 0 rings (SSSR count). The first-order chi connectivity index (χ1) is 9.29. The average molecular weight is 298 g/mol. The van der Waals surface area contributed by atoms with Crippen LogP contribution in [0.1, 0.15) is 13.3 Å². The van der Waals surface area contributed by atoms with Crippen molar-refractivity contribution in [3.05, 3.63) is 20.2 Å². The lowest BCUT2D eigenvalue weighted by atomic mass is 10.5. The summed E-state index contributed by atoms with van der Waals surface area (Å²) in [7, 11) is 1.50. The Morgan fingerprint density at radius 3 is 2.05 bits per heavy atom. The maximum Gasteiger partial charge on any atom is 0.326 e. The molecule has 0 bridgehead atoms. The van der Waals surface area contributed by atoms with E-state index in [9.17, 15) is 20.2 Å². The van der Waals surface area contributed by atoms with Crippen LogP contribution >= 0.6 is 0 Å². The minimum Gasteiger partial charge on any atom is -0.368 e. The van der Waals surface area contributed by atoms with Crippen LogP contribution in [0.25, 0.3) is 0 Å². The fourth-order valence-corrected chi connectivity index (χ4v) is 0.528. The van der Waals surface area contributed by atoms with Crippen LogP contribution in [0.4, 0.5) is 0 Å². The summed E-state index contributed by atoms with van der Waals surface area (Å²) < 4.78 is 0. The quantitative estimate of drug-likeness (QED) is 0.114. The van der Waals surface area contributed by atoms with Gasteiger partial charge in [0.1, 0.15) is 0 Å². The molecular formula is C7H22N8O5. The minimum atomic E-state index is -0.975. The summed E-state index contributed by atoms with van der Waals surface area (Å²) in [5, 5.41) is 19.1. The highest BCUT2D eigenvalue weighted by atomic mass is 16.7. The third kappa shape index (κ3) is 29.7. The van der Waals surface area contributed by atoms with Crippen LogP contribution < -0.4 is 28.4 Å². The molecule has 0 saturated carbocycles. The molecule has 0 aliphatic rings. The van der Waals surface area contributed by atoms with Crippen molar-refractivity contribution in [2.24, 2.45) is 27.9 Å². The highest BCUT2D eigenvalue weighted by Crippen LogP contribution is 1.72. The van der Waals surface area contributed by atoms with Crippen molar-refractivity contribution in [1.82, 2.24) is 5.48 Å². The molecule has 20 heavy (non-hydrogen) atoms. The van der Waals surface area contributed by atoms with E-state index in [1.54, 1.807) is 6.92 Å². The molecule has 0 spiro atoms. The van der Waals surface area contributed by atoms with Gasteiger partial charge in [-0.15, -0.1) is 0 Å². The van der Waals surface area contributed by atoms with E-state index < -0.39 is 17.9 Å². The Labute approximate surface area is 115 Å². The Hall–Kier alpha value is -2.09. The molecule has 0 unspecified atom stereocenters. The van der Waals surface area contributed by atoms with Gasteiger partial charge in [0.2, 0.25) is 12.5 Å². The van der Waals surface area contributed by atoms with Crippen molar-refractivity contribution in [2.45, 2.75) is 19.6 Å². The van der Waals surface area contributed by atoms with Gasteiger partial charge in [0.15, 0.2) is 6.29 Å². The van der Waals surface area contributed by atoms with Gasteiger partial charge in [0.25, 0.3) is 0 Å². The average Bonchev–Trinajstić information content (AvgIpc) is 2.30. The van der Waals surface area contributed by atoms with Gasteiger partial charge in [0, 0.05) is 11.3 Å². The molecule has 0 aliphatic heterocycles. The number of nitro groups is 2. The van der Waals surface area contributed by atoms with Crippen LogP contribution in [-0.2, 0) is 4.84 Å². The smallest absolute Gasteiger partial charge is 0.326 e. The molecule has 9 N–H and O–H groups in total. The summed E-state index contributed by atoms with van der Waals surface area (Å²) in [4.78, 5) is 25.7. The Morgan fingerprint density at radius 2 is 1.80 bits per heavy atom. The largest absolute Gasteiger partial charge is 0.368 e. The monoisotopic (exact) mass is 298 g/mol. The molecule has 13 nitrogen and oxygen atoms in total. The lowest BCUT2D eigenvalue weighted by Crippen LogP contribution is -2.38. The molecule has 0 saturated heterocycles. The second-order valence-electron chi connectivity index (χ2n) is 2.77. The normalized spacial score (nSPS) is 9.80. The van der Waals surface area contributed by atoms with Crippen LogP contribution in [0.5, 0.6) is 0 Å². The fraction of sp³-hybridized carbons (Fsp3) is 0.857. The molecule has 120 valence electrons. The summed E-state index contributed by atoms with van der Waals surface area (Å²) in [5.41, 5.74) is 21.6. The third-order valence-electron chi connectivity index (χ3n) is 1.04. The number of nitrogens with zero attached hydrogens (tertiary/aromatic N) is 3. The third-order valence-corrected chi connectivity index (χ3v) is 1.04. The van der Waals surface area contributed by atoms with Crippen LogP contribution in [0.3, 0.4) is 0 Å². The van der Waals surface area contributed by atoms with Gasteiger partial charge in [-0.1, -0.05) is 6.92 Å². The van der Waals surface area contributed by atoms with Gasteiger partial charge >= 0.3 is 6.73 Å². The molecule has 0 fully saturated rings. The number of rotatable bonds is 6. The lowest BCUT2D eigenvalue weighted by molar-refractivity contribution is -0.530. The molecule has 0 aromatic carbocycles. The second-order valence-corrected chi connectivity index (χ2v) is 2.77. The van der Waals surface area contributed by atoms with Crippen molar-refractivity contribution in [3.8, 4) is 0 Å². The van der Waals surface area contributed by atoms with Gasteiger partial charge in [-0.2, -0.15) is 0 Å². The summed E-state index contributed by atoms with van der Waals surface area (Å²) in [6, 6.07) is 0. The van der Waals surface area contributed by atoms with Gasteiger partial charge in [-0.05, 0) is 7.05 Å². The molecule has 0 radical (unpaired) electrons. The van der Waals surface area contributed by atoms with E-state index in [2.05, 4.69) is 15.6 Å². The van der Waals surface area contributed by atoms with Crippen molar-refractivity contribution in [1.29, 1.82) is 0 Å². The molecule has 13 heteroatoms. The zero-order chi connectivity index (χ0) is 16.6. The molecule has 0 aromatic rings. The van der Waals surface area contributed by atoms with Crippen molar-refractivity contribution in [3.63, 3.8) is 0 Å². The summed E-state index contributed by atoms with van der Waals surface area (Å²) >= 11 is 0. The van der Waals surface area contributed by atoms with Crippen LogP contribution in [0.2, 0.25) is 0 Å². The maximum absolute atomic E-state index is 9.71. The lowest BCUT2D eigenvalue weighted by Gasteiger charge is -2.03. The van der Waals surface area contributed by atoms with Gasteiger partial charge in [-0.25, -0.2) is 15.3 Å². The Kier molecular flexibility index (Phi) is 19.5. The Morgan fingerprint density at radius 1 is 1.30 bits per heavy atom. The number of hydrogen-bond acceptors (Lipinski definition) is 9. The number of nitrogens with one attached hydrogen (secondary N) is 1. The zero-order valence-corrected chi connectivity index (χ0v) is 11.4. The van der Waals surface area contributed by atoms with Crippen LogP contribution in [0, 0.1) is 20.2 Å². The van der Waals surface area contributed by atoms with E-state index in [0.29, 0.717) is 6.42 Å². The van der Waals surface area contributed by atoms with E-state index in [1.807, 2.05) is 5.48 Å². The maximum atomic E-state index is 9.71. The topological polar surface area (TPSA) is 224 Å². The van der Waals surface area contributed by atoms with E-state index in [1.165, 1.54) is 7.05 Å². The number of nitrogens with two attached hydrogens (primary N) is 4. The van der Waals surface area contributed by atoms with E-state index >= 15 is 0 Å². The number of hydroxylamine groups is 1. The van der Waals surface area contributed by atoms with Crippen molar-refractivity contribution in [2.75, 3.05) is 20.3 Å². The standard InChI is InChI=1S/C3H10N6O3.C3H7NO2.CH5N/c4-2(5)7-3(6)8-12-1-9(10)11;1-2-3-4(5)6;1-2/h2H,1,4-5H2,(H3,6,7,8);2-3H2,1H3;2H2,1H3. The highest BCUT2D eigenvalue weighted by Gasteiger charge is 1.97. The molecule has 0 heterocycles. The number of guanidine groups is 1. The Bertz CT molecular complexity index is 284. The first-order valence-corrected chi connectivity index (χ1v) is 5.33. The SMILES string of the molecule is CCC[N+](=O)[O-].CN.NC(=NC(N)N)NOC[N+](=O)[O-]. The summed E-state index contributed by atoms with van der Waals surface area (Å²) in [5.74, 6) is -0.216. The predicted molar refractivity (Wildman–Crippen MR) is 72.1 cm³/mol. The van der Waals surface area contributed by atoms with Crippen molar-refractivity contribution < 1.29 is 14.7 Å². The van der Waals surface area contributed by atoms with Crippen molar-refractivity contribution >= 4 is 5.96 Å². The minimum absolute atomic E-state index is 0.0972. The van der Waals surface area contributed by atoms with Gasteiger partial charge in [0.05, 0.1) is 4.92 Å². The predicted octanol–water partition coefficient (Wildman–Crippen LogP) is -2.49. The van der Waals surface area contributed by atoms with E-state index in [0.717, 1.165) is 0 Å². The molecule has 0 amide bonds. The molecular weight excluding hydrogens is 276 g/mol. The first-order valence-electron chi connectivity index (χ1n) is 5.33. The molecule has 0 aliphatic carbocycles. The molecule has 0 atom stereocenters.